The summed E-state index contributed by atoms with van der Waals surface area (Å²) < 4.78 is 0. The molecule has 0 aliphatic carbocycles. The van der Waals surface area contributed by atoms with Crippen LogP contribution in [0.3, 0.4) is 0 Å². The first kappa shape index (κ1) is 41.3. The number of carbonyl (C=O) groups excluding carboxylic acids is 4. The number of rotatable bonds is 25. The first-order chi connectivity index (χ1) is 20.0. The highest BCUT2D eigenvalue weighted by atomic mass is 16.4. The van der Waals surface area contributed by atoms with Crippen LogP contribution in [0, 0.1) is 0 Å². The lowest BCUT2D eigenvalue weighted by molar-refractivity contribution is -0.134. The van der Waals surface area contributed by atoms with Crippen molar-refractivity contribution < 1.29 is 29.1 Å². The van der Waals surface area contributed by atoms with E-state index in [1.807, 2.05) is 0 Å². The van der Waals surface area contributed by atoms with Crippen molar-refractivity contribution >= 4 is 29.6 Å². The maximum atomic E-state index is 11.9. The fourth-order valence-electron chi connectivity index (χ4n) is 3.69. The monoisotopic (exact) mass is 602 g/mol. The Balaban J connectivity index is 0. The van der Waals surface area contributed by atoms with Crippen LogP contribution < -0.4 is 44.2 Å². The number of carboxylic acid groups (broad SMARTS) is 1. The smallest absolute Gasteiger partial charge is 0.300 e. The highest BCUT2D eigenvalue weighted by molar-refractivity contribution is 5.83. The van der Waals surface area contributed by atoms with Gasteiger partial charge in [-0.1, -0.05) is 25.7 Å². The normalized spacial score (nSPS) is 11.8. The molecule has 14 nitrogen and oxygen atoms in total. The lowest BCUT2D eigenvalue weighted by Gasteiger charge is -2.11. The quantitative estimate of drug-likeness (QED) is 0.0609. The molecule has 4 amide bonds. The highest BCUT2D eigenvalue weighted by Gasteiger charge is 2.12. The number of hydrogen-bond donors (Lipinski definition) is 9. The van der Waals surface area contributed by atoms with E-state index in [0.29, 0.717) is 52.1 Å². The molecule has 0 saturated heterocycles. The summed E-state index contributed by atoms with van der Waals surface area (Å²) in [4.78, 5) is 56.4. The molecule has 14 heteroatoms. The molecular formula is C28H58N8O6. The van der Waals surface area contributed by atoms with E-state index in [4.69, 9.17) is 32.8 Å². The summed E-state index contributed by atoms with van der Waals surface area (Å²) in [5.41, 5.74) is 22.4. The third-order valence-electron chi connectivity index (χ3n) is 6.14. The first-order valence-corrected chi connectivity index (χ1v) is 15.2. The summed E-state index contributed by atoms with van der Waals surface area (Å²) in [5, 5.41) is 18.8. The van der Waals surface area contributed by atoms with Crippen molar-refractivity contribution in [2.24, 2.45) is 22.9 Å². The molecule has 0 radical (unpaired) electrons. The van der Waals surface area contributed by atoms with Crippen LogP contribution in [0.2, 0.25) is 0 Å². The van der Waals surface area contributed by atoms with E-state index in [9.17, 15) is 19.2 Å². The maximum Gasteiger partial charge on any atom is 0.300 e. The molecule has 2 atom stereocenters. The van der Waals surface area contributed by atoms with Crippen LogP contribution in [0.5, 0.6) is 0 Å². The summed E-state index contributed by atoms with van der Waals surface area (Å²) in [6.45, 7) is 4.50. The lowest BCUT2D eigenvalue weighted by atomic mass is 10.1. The number of aliphatic carboxylic acids is 1. The number of carbonyl (C=O) groups is 5. The van der Waals surface area contributed by atoms with E-state index < -0.39 is 18.1 Å². The Bertz CT molecular complexity index is 683. The molecule has 0 rings (SSSR count). The highest BCUT2D eigenvalue weighted by Crippen LogP contribution is 2.01. The zero-order chi connectivity index (χ0) is 32.0. The van der Waals surface area contributed by atoms with Crippen molar-refractivity contribution in [1.82, 2.24) is 21.3 Å². The molecule has 246 valence electrons. The van der Waals surface area contributed by atoms with Crippen LogP contribution >= 0.6 is 0 Å². The molecule has 0 fully saturated rings. The van der Waals surface area contributed by atoms with Crippen molar-refractivity contribution in [3.05, 3.63) is 0 Å². The van der Waals surface area contributed by atoms with E-state index in [1.54, 1.807) is 0 Å². The third-order valence-corrected chi connectivity index (χ3v) is 6.14. The number of amides is 4. The van der Waals surface area contributed by atoms with Crippen LogP contribution in [0.1, 0.15) is 96.8 Å². The summed E-state index contributed by atoms with van der Waals surface area (Å²) in [6.07, 6.45) is 10.3. The number of unbranched alkanes of at least 4 members (excludes halogenated alkanes) is 6. The number of hydrogen-bond acceptors (Lipinski definition) is 9. The molecule has 42 heavy (non-hydrogen) atoms. The van der Waals surface area contributed by atoms with Crippen LogP contribution in [0.15, 0.2) is 0 Å². The van der Waals surface area contributed by atoms with Gasteiger partial charge in [0.05, 0.1) is 12.1 Å². The standard InChI is InChI=1S/C26H54N8O4.C2H4O2/c27-15-9-11-21(29)25(37)33-19-7-3-1-5-17-31-23(35)13-14-24(36)32-18-6-2-4-8-20-34-26(38)22(30)12-10-16-28;1-2(3)4/h21-22H,1-20,27-30H2,(H,31,35)(H,32,36)(H,33,37)(H,34,38);1H3,(H,3,4). The fraction of sp³-hybridized carbons (Fsp3) is 0.821. The van der Waals surface area contributed by atoms with Gasteiger partial charge in [0.1, 0.15) is 0 Å². The fourth-order valence-corrected chi connectivity index (χ4v) is 3.69. The van der Waals surface area contributed by atoms with Gasteiger partial charge in [-0.2, -0.15) is 0 Å². The molecule has 0 spiro atoms. The van der Waals surface area contributed by atoms with Crippen molar-refractivity contribution in [2.75, 3.05) is 39.3 Å². The van der Waals surface area contributed by atoms with E-state index in [-0.39, 0.29) is 36.5 Å². The van der Waals surface area contributed by atoms with Crippen LogP contribution in [-0.4, -0.2) is 86.1 Å². The molecule has 2 unspecified atom stereocenters. The Morgan fingerprint density at radius 3 is 1.12 bits per heavy atom. The summed E-state index contributed by atoms with van der Waals surface area (Å²) in [7, 11) is 0. The second-order valence-electron chi connectivity index (χ2n) is 10.2. The Morgan fingerprint density at radius 1 is 0.548 bits per heavy atom. The molecular weight excluding hydrogens is 544 g/mol. The molecule has 0 aromatic heterocycles. The second-order valence-corrected chi connectivity index (χ2v) is 10.2. The van der Waals surface area contributed by atoms with Gasteiger partial charge in [0.15, 0.2) is 0 Å². The molecule has 0 aromatic carbocycles. The van der Waals surface area contributed by atoms with Gasteiger partial charge in [0.25, 0.3) is 5.97 Å². The van der Waals surface area contributed by atoms with Gasteiger partial charge in [-0.3, -0.25) is 24.0 Å². The van der Waals surface area contributed by atoms with E-state index >= 15 is 0 Å². The molecule has 0 heterocycles. The van der Waals surface area contributed by atoms with Gasteiger partial charge in [0, 0.05) is 45.9 Å². The van der Waals surface area contributed by atoms with E-state index in [0.717, 1.165) is 71.1 Å². The summed E-state index contributed by atoms with van der Waals surface area (Å²) in [5.74, 6) is -1.34. The van der Waals surface area contributed by atoms with Crippen LogP contribution in [0.4, 0.5) is 0 Å². The average molecular weight is 603 g/mol. The minimum atomic E-state index is -0.833. The molecule has 0 aromatic rings. The Kier molecular flexibility index (Phi) is 29.2. The SMILES string of the molecule is CC(=O)O.NCCCC(N)C(=O)NCCCCCCNC(=O)CCC(=O)NCCCCCCNC(=O)C(N)CCCN. The number of carboxylic acids is 1. The van der Waals surface area contributed by atoms with E-state index in [2.05, 4.69) is 21.3 Å². The predicted molar refractivity (Wildman–Crippen MR) is 164 cm³/mol. The van der Waals surface area contributed by atoms with Gasteiger partial charge in [-0.25, -0.2) is 0 Å². The molecule has 0 aliphatic rings. The van der Waals surface area contributed by atoms with Crippen molar-refractivity contribution in [3.8, 4) is 0 Å². The first-order valence-electron chi connectivity index (χ1n) is 15.2. The minimum absolute atomic E-state index is 0.122. The average Bonchev–Trinajstić information content (AvgIpc) is 2.95. The molecule has 0 aliphatic heterocycles. The van der Waals surface area contributed by atoms with Crippen molar-refractivity contribution in [1.29, 1.82) is 0 Å². The zero-order valence-corrected chi connectivity index (χ0v) is 25.6. The second kappa shape index (κ2) is 29.7. The summed E-state index contributed by atoms with van der Waals surface area (Å²) >= 11 is 0. The number of nitrogens with one attached hydrogen (secondary N) is 4. The van der Waals surface area contributed by atoms with Gasteiger partial charge < -0.3 is 49.3 Å². The molecule has 0 saturated carbocycles. The van der Waals surface area contributed by atoms with Gasteiger partial charge >= 0.3 is 0 Å². The van der Waals surface area contributed by atoms with Gasteiger partial charge in [0.2, 0.25) is 23.6 Å². The zero-order valence-electron chi connectivity index (χ0n) is 25.6. The predicted octanol–water partition coefficient (Wildman–Crippen LogP) is -0.424. The Hall–Kier alpha value is -2.81. The largest absolute Gasteiger partial charge is 0.481 e. The van der Waals surface area contributed by atoms with Gasteiger partial charge in [-0.15, -0.1) is 0 Å². The van der Waals surface area contributed by atoms with Crippen LogP contribution in [0.25, 0.3) is 0 Å². The number of nitrogens with two attached hydrogens (primary N) is 4. The topological polar surface area (TPSA) is 258 Å². The van der Waals surface area contributed by atoms with Crippen LogP contribution in [-0.2, 0) is 24.0 Å². The molecule has 0 bridgehead atoms. The van der Waals surface area contributed by atoms with E-state index in [1.165, 1.54) is 0 Å². The third kappa shape index (κ3) is 30.2. The molecule has 13 N–H and O–H groups in total. The maximum absolute atomic E-state index is 11.9. The van der Waals surface area contributed by atoms with Crippen molar-refractivity contribution in [3.63, 3.8) is 0 Å². The van der Waals surface area contributed by atoms with Crippen molar-refractivity contribution in [2.45, 2.75) is 109 Å². The minimum Gasteiger partial charge on any atom is -0.481 e. The Labute approximate surface area is 251 Å². The lowest BCUT2D eigenvalue weighted by Crippen LogP contribution is -2.41. The summed E-state index contributed by atoms with van der Waals surface area (Å²) in [6, 6.07) is -0.990. The Morgan fingerprint density at radius 2 is 0.833 bits per heavy atom. The van der Waals surface area contributed by atoms with Gasteiger partial charge in [-0.05, 0) is 64.5 Å².